The zero-order chi connectivity index (χ0) is 11.0. The topological polar surface area (TPSA) is 9.23 Å². The fourth-order valence-corrected chi connectivity index (χ4v) is 3.13. The van der Waals surface area contributed by atoms with Crippen LogP contribution in [0.4, 0.5) is 0 Å². The molecule has 0 amide bonds. The molecule has 1 fully saturated rings. The molecule has 1 nitrogen and oxygen atoms in total. The van der Waals surface area contributed by atoms with E-state index in [0.29, 0.717) is 5.92 Å². The van der Waals surface area contributed by atoms with E-state index in [1.807, 2.05) is 18.2 Å². The molecular weight excluding hydrogens is 275 g/mol. The van der Waals surface area contributed by atoms with Crippen LogP contribution in [0.25, 0.3) is 0 Å². The molecule has 0 spiro atoms. The summed E-state index contributed by atoms with van der Waals surface area (Å²) < 4.78 is 6.20. The summed E-state index contributed by atoms with van der Waals surface area (Å²) in [7, 11) is 1.67. The van der Waals surface area contributed by atoms with Gasteiger partial charge in [0.15, 0.2) is 0 Å². The molecule has 15 heavy (non-hydrogen) atoms. The first-order valence-electron chi connectivity index (χ1n) is 5.11. The van der Waals surface area contributed by atoms with Crippen molar-refractivity contribution in [1.82, 2.24) is 0 Å². The quantitative estimate of drug-likeness (QED) is 0.750. The largest absolute Gasteiger partial charge is 0.497 e. The molecule has 0 N–H and O–H groups in total. The Morgan fingerprint density at radius 2 is 2.20 bits per heavy atom. The maximum Gasteiger partial charge on any atom is 0.120 e. The van der Waals surface area contributed by atoms with Gasteiger partial charge in [0, 0.05) is 4.47 Å². The van der Waals surface area contributed by atoms with Crippen LogP contribution >= 0.6 is 27.5 Å². The molecule has 1 aromatic rings. The van der Waals surface area contributed by atoms with Gasteiger partial charge in [0.25, 0.3) is 0 Å². The van der Waals surface area contributed by atoms with Crippen LogP contribution in [0.5, 0.6) is 5.75 Å². The summed E-state index contributed by atoms with van der Waals surface area (Å²) in [5, 5.41) is 0.125. The van der Waals surface area contributed by atoms with Crippen molar-refractivity contribution in [3.8, 4) is 5.75 Å². The first kappa shape index (κ1) is 11.3. The zero-order valence-corrected chi connectivity index (χ0v) is 11.2. The summed E-state index contributed by atoms with van der Waals surface area (Å²) in [5.74, 6) is 2.26. The van der Waals surface area contributed by atoms with E-state index >= 15 is 0 Å². The molecule has 0 aromatic heterocycles. The Morgan fingerprint density at radius 1 is 1.53 bits per heavy atom. The van der Waals surface area contributed by atoms with E-state index in [1.165, 1.54) is 12.0 Å². The number of rotatable bonds is 3. The maximum absolute atomic E-state index is 6.43. The second-order valence-corrected chi connectivity index (χ2v) is 5.49. The Labute approximate surface area is 104 Å². The van der Waals surface area contributed by atoms with Crippen molar-refractivity contribution in [3.05, 3.63) is 28.2 Å². The second kappa shape index (κ2) is 4.34. The van der Waals surface area contributed by atoms with Crippen molar-refractivity contribution >= 4 is 27.5 Å². The van der Waals surface area contributed by atoms with Gasteiger partial charge in [0.2, 0.25) is 0 Å². The summed E-state index contributed by atoms with van der Waals surface area (Å²) in [6.45, 7) is 2.25. The molecule has 82 valence electrons. The van der Waals surface area contributed by atoms with Gasteiger partial charge in [-0.2, -0.15) is 0 Å². The standard InChI is InChI=1S/C12H14BrClO/c1-7-5-10(7)12(14)9-4-3-8(15-2)6-11(9)13/h3-4,6-7,10,12H,5H2,1-2H3. The van der Waals surface area contributed by atoms with Gasteiger partial charge in [-0.05, 0) is 36.0 Å². The van der Waals surface area contributed by atoms with Crippen molar-refractivity contribution in [2.24, 2.45) is 11.8 Å². The molecule has 3 unspecified atom stereocenters. The lowest BCUT2D eigenvalue weighted by Gasteiger charge is -2.12. The number of halogens is 2. The summed E-state index contributed by atoms with van der Waals surface area (Å²) in [6.07, 6.45) is 1.24. The van der Waals surface area contributed by atoms with Gasteiger partial charge < -0.3 is 4.74 Å². The average Bonchev–Trinajstić information content (AvgIpc) is 2.94. The highest BCUT2D eigenvalue weighted by Crippen LogP contribution is 2.51. The maximum atomic E-state index is 6.43. The van der Waals surface area contributed by atoms with Gasteiger partial charge in [0.1, 0.15) is 5.75 Å². The fourth-order valence-electron chi connectivity index (χ4n) is 1.85. The van der Waals surface area contributed by atoms with E-state index < -0.39 is 0 Å². The molecular formula is C12H14BrClO. The average molecular weight is 290 g/mol. The molecule has 2 rings (SSSR count). The lowest BCUT2D eigenvalue weighted by molar-refractivity contribution is 0.414. The van der Waals surface area contributed by atoms with Crippen LogP contribution in [-0.2, 0) is 0 Å². The summed E-state index contributed by atoms with van der Waals surface area (Å²) in [5.41, 5.74) is 1.17. The Morgan fingerprint density at radius 3 is 2.67 bits per heavy atom. The molecule has 1 aliphatic rings. The minimum Gasteiger partial charge on any atom is -0.497 e. The SMILES string of the molecule is COc1ccc(C(Cl)C2CC2C)c(Br)c1. The van der Waals surface area contributed by atoms with Gasteiger partial charge in [-0.15, -0.1) is 11.6 Å². The Hall–Kier alpha value is -0.210. The highest BCUT2D eigenvalue weighted by Gasteiger charge is 2.39. The van der Waals surface area contributed by atoms with Gasteiger partial charge in [0.05, 0.1) is 12.5 Å². The second-order valence-electron chi connectivity index (χ2n) is 4.17. The minimum absolute atomic E-state index is 0.125. The molecule has 1 aliphatic carbocycles. The highest BCUT2D eigenvalue weighted by molar-refractivity contribution is 9.10. The molecule has 3 heteroatoms. The Kier molecular flexibility index (Phi) is 3.27. The van der Waals surface area contributed by atoms with Crippen molar-refractivity contribution in [2.75, 3.05) is 7.11 Å². The number of hydrogen-bond acceptors (Lipinski definition) is 1. The Balaban J connectivity index is 2.21. The van der Waals surface area contributed by atoms with Crippen LogP contribution in [0.3, 0.4) is 0 Å². The predicted octanol–water partition coefficient (Wildman–Crippen LogP) is 4.39. The van der Waals surface area contributed by atoms with E-state index in [4.69, 9.17) is 16.3 Å². The fraction of sp³-hybridized carbons (Fsp3) is 0.500. The number of hydrogen-bond donors (Lipinski definition) is 0. The van der Waals surface area contributed by atoms with Crippen molar-refractivity contribution in [3.63, 3.8) is 0 Å². The van der Waals surface area contributed by atoms with Crippen molar-refractivity contribution in [1.29, 1.82) is 0 Å². The van der Waals surface area contributed by atoms with Crippen molar-refractivity contribution in [2.45, 2.75) is 18.7 Å². The Bertz CT molecular complexity index is 367. The van der Waals surface area contributed by atoms with Crippen LogP contribution < -0.4 is 4.74 Å². The molecule has 0 bridgehead atoms. The summed E-state index contributed by atoms with van der Waals surface area (Å²) in [4.78, 5) is 0. The van der Waals surface area contributed by atoms with Crippen molar-refractivity contribution < 1.29 is 4.74 Å². The molecule has 0 radical (unpaired) electrons. The van der Waals surface area contributed by atoms with Gasteiger partial charge >= 0.3 is 0 Å². The van der Waals surface area contributed by atoms with E-state index in [2.05, 4.69) is 22.9 Å². The monoisotopic (exact) mass is 288 g/mol. The number of methoxy groups -OCH3 is 1. The van der Waals surface area contributed by atoms with Crippen LogP contribution in [0.2, 0.25) is 0 Å². The third-order valence-electron chi connectivity index (χ3n) is 3.05. The molecule has 3 atom stereocenters. The lowest BCUT2D eigenvalue weighted by Crippen LogP contribution is -1.96. The van der Waals surface area contributed by atoms with E-state index in [0.717, 1.165) is 16.1 Å². The third kappa shape index (κ3) is 2.31. The zero-order valence-electron chi connectivity index (χ0n) is 8.84. The molecule has 1 aromatic carbocycles. The number of ether oxygens (including phenoxy) is 1. The third-order valence-corrected chi connectivity index (χ3v) is 4.30. The van der Waals surface area contributed by atoms with Crippen LogP contribution in [0, 0.1) is 11.8 Å². The van der Waals surface area contributed by atoms with E-state index in [9.17, 15) is 0 Å². The van der Waals surface area contributed by atoms with Gasteiger partial charge in [-0.25, -0.2) is 0 Å². The minimum atomic E-state index is 0.125. The smallest absolute Gasteiger partial charge is 0.120 e. The van der Waals surface area contributed by atoms with Crippen LogP contribution in [0.1, 0.15) is 24.3 Å². The molecule has 0 heterocycles. The van der Waals surface area contributed by atoms with E-state index in [-0.39, 0.29) is 5.38 Å². The molecule has 1 saturated carbocycles. The van der Waals surface area contributed by atoms with Gasteiger partial charge in [-0.3, -0.25) is 0 Å². The summed E-state index contributed by atoms with van der Waals surface area (Å²) >= 11 is 9.97. The number of alkyl halides is 1. The molecule has 0 aliphatic heterocycles. The van der Waals surface area contributed by atoms with Crippen LogP contribution in [0.15, 0.2) is 22.7 Å². The molecule has 0 saturated heterocycles. The van der Waals surface area contributed by atoms with Crippen LogP contribution in [-0.4, -0.2) is 7.11 Å². The normalized spacial score (nSPS) is 26.1. The first-order chi connectivity index (χ1) is 7.13. The number of benzene rings is 1. The van der Waals surface area contributed by atoms with E-state index in [1.54, 1.807) is 7.11 Å². The predicted molar refractivity (Wildman–Crippen MR) is 66.6 cm³/mol. The summed E-state index contributed by atoms with van der Waals surface area (Å²) in [6, 6.07) is 5.98. The lowest BCUT2D eigenvalue weighted by atomic mass is 10.1. The highest BCUT2D eigenvalue weighted by atomic mass is 79.9. The van der Waals surface area contributed by atoms with Gasteiger partial charge in [-0.1, -0.05) is 28.9 Å². The first-order valence-corrected chi connectivity index (χ1v) is 6.34.